The van der Waals surface area contributed by atoms with Gasteiger partial charge in [0.25, 0.3) is 0 Å². The van der Waals surface area contributed by atoms with E-state index in [0.717, 1.165) is 62.9 Å². The summed E-state index contributed by atoms with van der Waals surface area (Å²) in [6.07, 6.45) is 5.94. The molecule has 1 amide bonds. The van der Waals surface area contributed by atoms with Gasteiger partial charge in [0.1, 0.15) is 5.82 Å². The van der Waals surface area contributed by atoms with Crippen molar-refractivity contribution in [3.8, 4) is 0 Å². The van der Waals surface area contributed by atoms with Crippen LogP contribution in [0.25, 0.3) is 0 Å². The van der Waals surface area contributed by atoms with Crippen molar-refractivity contribution in [2.45, 2.75) is 46.1 Å². The number of hydrogen-bond acceptors (Lipinski definition) is 4. The highest BCUT2D eigenvalue weighted by atomic mass is 127. The maximum atomic E-state index is 11.4. The number of nitrogens with zero attached hydrogens (tertiary/aromatic N) is 4. The summed E-state index contributed by atoms with van der Waals surface area (Å²) in [4.78, 5) is 25.6. The van der Waals surface area contributed by atoms with Gasteiger partial charge in [-0.05, 0) is 44.6 Å². The van der Waals surface area contributed by atoms with Crippen LogP contribution in [0.4, 0.5) is 5.82 Å². The van der Waals surface area contributed by atoms with Crippen LogP contribution in [0.1, 0.15) is 45.1 Å². The van der Waals surface area contributed by atoms with Gasteiger partial charge in [0, 0.05) is 50.4 Å². The van der Waals surface area contributed by atoms with Crippen molar-refractivity contribution in [2.24, 2.45) is 22.6 Å². The Morgan fingerprint density at radius 2 is 2.07 bits per heavy atom. The van der Waals surface area contributed by atoms with E-state index in [-0.39, 0.29) is 35.8 Å². The third kappa shape index (κ3) is 6.45. The first-order valence-electron chi connectivity index (χ1n) is 10.6. The molecule has 1 aromatic rings. The number of primary amides is 1. The van der Waals surface area contributed by atoms with E-state index in [1.54, 1.807) is 0 Å². The van der Waals surface area contributed by atoms with Crippen LogP contribution in [0, 0.1) is 11.8 Å². The third-order valence-electron chi connectivity index (χ3n) is 5.75. The van der Waals surface area contributed by atoms with Gasteiger partial charge in [0.05, 0.1) is 6.54 Å². The molecule has 2 aliphatic rings. The Morgan fingerprint density at radius 1 is 1.31 bits per heavy atom. The molecule has 0 bridgehead atoms. The summed E-state index contributed by atoms with van der Waals surface area (Å²) in [5, 5.41) is 3.45. The summed E-state index contributed by atoms with van der Waals surface area (Å²) in [7, 11) is 0. The van der Waals surface area contributed by atoms with E-state index in [2.05, 4.69) is 40.0 Å². The molecule has 0 aliphatic carbocycles. The van der Waals surface area contributed by atoms with E-state index in [1.807, 2.05) is 12.3 Å². The smallest absolute Gasteiger partial charge is 0.220 e. The normalized spacial score (nSPS) is 20.9. The first kappa shape index (κ1) is 23.7. The lowest BCUT2D eigenvalue weighted by molar-refractivity contribution is -0.122. The second-order valence-corrected chi connectivity index (χ2v) is 8.01. The number of likely N-dealkylation sites (tertiary alicyclic amines) is 1. The van der Waals surface area contributed by atoms with Gasteiger partial charge in [0.2, 0.25) is 5.91 Å². The maximum absolute atomic E-state index is 11.4. The number of halogens is 1. The summed E-state index contributed by atoms with van der Waals surface area (Å²) < 4.78 is 0. The first-order chi connectivity index (χ1) is 13.6. The summed E-state index contributed by atoms with van der Waals surface area (Å²) in [5.41, 5.74) is 6.59. The molecular formula is C21H35IN6O. The number of anilines is 1. The van der Waals surface area contributed by atoms with Crippen LogP contribution in [0.5, 0.6) is 0 Å². The first-order valence-corrected chi connectivity index (χ1v) is 10.6. The molecule has 0 aromatic carbocycles. The molecule has 0 spiro atoms. The van der Waals surface area contributed by atoms with Crippen LogP contribution >= 0.6 is 24.0 Å². The van der Waals surface area contributed by atoms with Crippen molar-refractivity contribution in [3.63, 3.8) is 0 Å². The van der Waals surface area contributed by atoms with Gasteiger partial charge in [-0.1, -0.05) is 13.0 Å². The standard InChI is InChI=1S/C21H34N6O.HI/c1-3-23-21(27-11-5-6-16(2)15-27)25-14-18-7-4-10-24-20(18)26-12-8-17(9-13-26)19(22)28;/h4,7,10,16-17H,3,5-6,8-9,11-15H2,1-2H3,(H2,22,28)(H,23,25);1H. The number of nitrogens with two attached hydrogens (primary N) is 1. The molecule has 0 saturated carbocycles. The number of amides is 1. The number of carbonyl (C=O) groups excluding carboxylic acids is 1. The zero-order valence-electron chi connectivity index (χ0n) is 17.6. The molecule has 1 aromatic heterocycles. The number of nitrogens with one attached hydrogen (secondary N) is 1. The van der Waals surface area contributed by atoms with Crippen molar-refractivity contribution in [3.05, 3.63) is 23.9 Å². The van der Waals surface area contributed by atoms with Crippen molar-refractivity contribution >= 4 is 41.7 Å². The van der Waals surface area contributed by atoms with Crippen molar-refractivity contribution in [2.75, 3.05) is 37.6 Å². The van der Waals surface area contributed by atoms with E-state index in [0.29, 0.717) is 12.5 Å². The number of aliphatic imine (C=N–C) groups is 1. The number of aromatic nitrogens is 1. The fraction of sp³-hybridized carbons (Fsp3) is 0.667. The maximum Gasteiger partial charge on any atom is 0.220 e. The van der Waals surface area contributed by atoms with Gasteiger partial charge in [-0.15, -0.1) is 24.0 Å². The number of carbonyl (C=O) groups is 1. The molecule has 2 saturated heterocycles. The average Bonchev–Trinajstić information content (AvgIpc) is 2.71. The van der Waals surface area contributed by atoms with Crippen molar-refractivity contribution in [1.82, 2.24) is 15.2 Å². The minimum Gasteiger partial charge on any atom is -0.369 e. The van der Waals surface area contributed by atoms with Gasteiger partial charge in [0.15, 0.2) is 5.96 Å². The third-order valence-corrected chi connectivity index (χ3v) is 5.75. The monoisotopic (exact) mass is 514 g/mol. The van der Waals surface area contributed by atoms with Gasteiger partial charge < -0.3 is 20.9 Å². The number of piperidine rings is 2. The highest BCUT2D eigenvalue weighted by Gasteiger charge is 2.25. The molecule has 162 valence electrons. The lowest BCUT2D eigenvalue weighted by Crippen LogP contribution is -2.46. The van der Waals surface area contributed by atoms with Gasteiger partial charge in [-0.3, -0.25) is 4.79 Å². The second kappa shape index (κ2) is 11.6. The van der Waals surface area contributed by atoms with Crippen LogP contribution < -0.4 is 16.0 Å². The summed E-state index contributed by atoms with van der Waals surface area (Å²) >= 11 is 0. The molecule has 3 N–H and O–H groups in total. The van der Waals surface area contributed by atoms with Gasteiger partial charge in [-0.25, -0.2) is 9.98 Å². The minimum absolute atomic E-state index is 0. The van der Waals surface area contributed by atoms with Gasteiger partial charge >= 0.3 is 0 Å². The Labute approximate surface area is 191 Å². The largest absolute Gasteiger partial charge is 0.369 e. The van der Waals surface area contributed by atoms with Crippen LogP contribution in [0.2, 0.25) is 0 Å². The average molecular weight is 514 g/mol. The van der Waals surface area contributed by atoms with E-state index in [4.69, 9.17) is 10.7 Å². The molecule has 7 nitrogen and oxygen atoms in total. The topological polar surface area (TPSA) is 86.9 Å². The van der Waals surface area contributed by atoms with Crippen LogP contribution in [0.3, 0.4) is 0 Å². The summed E-state index contributed by atoms with van der Waals surface area (Å²) in [6, 6.07) is 4.08. The number of guanidine groups is 1. The van der Waals surface area contributed by atoms with E-state index >= 15 is 0 Å². The summed E-state index contributed by atoms with van der Waals surface area (Å²) in [6.45, 7) is 9.64. The zero-order valence-corrected chi connectivity index (χ0v) is 20.0. The molecule has 3 heterocycles. The Morgan fingerprint density at radius 3 is 2.72 bits per heavy atom. The van der Waals surface area contributed by atoms with E-state index in [1.165, 1.54) is 12.8 Å². The van der Waals surface area contributed by atoms with Gasteiger partial charge in [-0.2, -0.15) is 0 Å². The Hall–Kier alpha value is -1.58. The zero-order chi connectivity index (χ0) is 19.9. The highest BCUT2D eigenvalue weighted by molar-refractivity contribution is 14.0. The minimum atomic E-state index is -0.184. The van der Waals surface area contributed by atoms with Crippen molar-refractivity contribution < 1.29 is 4.79 Å². The molecule has 2 fully saturated rings. The molecule has 1 unspecified atom stereocenters. The Kier molecular flexibility index (Phi) is 9.45. The SMILES string of the molecule is CCNC(=NCc1cccnc1N1CCC(C(N)=O)CC1)N1CCCC(C)C1.I. The molecular weight excluding hydrogens is 479 g/mol. The predicted octanol–water partition coefficient (Wildman–Crippen LogP) is 2.60. The predicted molar refractivity (Wildman–Crippen MR) is 129 cm³/mol. The Balaban J connectivity index is 0.00000300. The highest BCUT2D eigenvalue weighted by Crippen LogP contribution is 2.25. The molecule has 29 heavy (non-hydrogen) atoms. The molecule has 0 radical (unpaired) electrons. The molecule has 1 atom stereocenters. The number of hydrogen-bond donors (Lipinski definition) is 2. The lowest BCUT2D eigenvalue weighted by atomic mass is 9.96. The molecule has 3 rings (SSSR count). The van der Waals surface area contributed by atoms with Crippen LogP contribution in [-0.4, -0.2) is 54.5 Å². The fourth-order valence-corrected chi connectivity index (χ4v) is 4.18. The van der Waals surface area contributed by atoms with E-state index in [9.17, 15) is 4.79 Å². The quantitative estimate of drug-likeness (QED) is 0.359. The summed E-state index contributed by atoms with van der Waals surface area (Å²) in [5.74, 6) is 2.49. The lowest BCUT2D eigenvalue weighted by Gasteiger charge is -2.34. The Bertz CT molecular complexity index is 690. The van der Waals surface area contributed by atoms with Crippen LogP contribution in [0.15, 0.2) is 23.3 Å². The molecule has 2 aliphatic heterocycles. The van der Waals surface area contributed by atoms with E-state index < -0.39 is 0 Å². The van der Waals surface area contributed by atoms with Crippen molar-refractivity contribution in [1.29, 1.82) is 0 Å². The van der Waals surface area contributed by atoms with Crippen LogP contribution in [-0.2, 0) is 11.3 Å². The number of rotatable bonds is 5. The second-order valence-electron chi connectivity index (χ2n) is 8.01. The molecule has 8 heteroatoms. The fourth-order valence-electron chi connectivity index (χ4n) is 4.18. The number of pyridine rings is 1.